The molecule has 2 aliphatic rings. The Balaban J connectivity index is 2.21. The van der Waals surface area contributed by atoms with E-state index in [1.54, 1.807) is 0 Å². The fourth-order valence-electron chi connectivity index (χ4n) is 3.19. The molecule has 0 bridgehead atoms. The van der Waals surface area contributed by atoms with Crippen LogP contribution in [-0.2, 0) is 4.79 Å². The van der Waals surface area contributed by atoms with Gasteiger partial charge in [0.15, 0.2) is 0 Å². The van der Waals surface area contributed by atoms with Gasteiger partial charge in [0.1, 0.15) is 5.78 Å². The molecule has 84 valence electrons. The van der Waals surface area contributed by atoms with Crippen molar-refractivity contribution >= 4 is 5.78 Å². The Labute approximate surface area is 92.9 Å². The molecule has 0 spiro atoms. The molecule has 1 nitrogen and oxygen atoms in total. The average Bonchev–Trinajstić information content (AvgIpc) is 2.51. The van der Waals surface area contributed by atoms with Gasteiger partial charge in [0.05, 0.1) is 0 Å². The van der Waals surface area contributed by atoms with E-state index in [-0.39, 0.29) is 11.8 Å². The summed E-state index contributed by atoms with van der Waals surface area (Å²) in [7, 11) is 0. The van der Waals surface area contributed by atoms with Gasteiger partial charge in [0.25, 0.3) is 0 Å². The summed E-state index contributed by atoms with van der Waals surface area (Å²) >= 11 is 0. The van der Waals surface area contributed by atoms with Crippen LogP contribution in [0.1, 0.15) is 58.8 Å². The molecule has 0 aromatic carbocycles. The quantitative estimate of drug-likeness (QED) is 0.550. The molecule has 0 saturated carbocycles. The Morgan fingerprint density at radius 3 is 1.67 bits per heavy atom. The molecule has 0 radical (unpaired) electrons. The van der Waals surface area contributed by atoms with Gasteiger partial charge in [-0.15, -0.1) is 0 Å². The van der Waals surface area contributed by atoms with Gasteiger partial charge in [-0.3, -0.25) is 4.79 Å². The zero-order valence-electron chi connectivity index (χ0n) is 10.0. The van der Waals surface area contributed by atoms with Gasteiger partial charge in [-0.25, -0.2) is 0 Å². The summed E-state index contributed by atoms with van der Waals surface area (Å²) in [5.41, 5.74) is 3.02. The highest BCUT2D eigenvalue weighted by Crippen LogP contribution is 2.39. The summed E-state index contributed by atoms with van der Waals surface area (Å²) < 4.78 is 0. The van der Waals surface area contributed by atoms with Crippen LogP contribution < -0.4 is 0 Å². The van der Waals surface area contributed by atoms with E-state index in [1.165, 1.54) is 56.1 Å². The van der Waals surface area contributed by atoms with E-state index in [0.29, 0.717) is 5.78 Å². The standard InChI is InChI=1S/C14H22O/c1-10-12-8-6-4-3-5-7-9-13(12)11(2)14(10)15/h10-11H,3-9H2,1-2H3. The van der Waals surface area contributed by atoms with Crippen molar-refractivity contribution in [3.05, 3.63) is 11.1 Å². The maximum atomic E-state index is 11.9. The fraction of sp³-hybridized carbons (Fsp3) is 0.786. The van der Waals surface area contributed by atoms with E-state index >= 15 is 0 Å². The molecule has 0 aliphatic heterocycles. The van der Waals surface area contributed by atoms with Gasteiger partial charge >= 0.3 is 0 Å². The first kappa shape index (κ1) is 10.9. The molecule has 1 heteroatoms. The van der Waals surface area contributed by atoms with Crippen LogP contribution in [-0.4, -0.2) is 5.78 Å². The van der Waals surface area contributed by atoms with Crippen molar-refractivity contribution in [1.82, 2.24) is 0 Å². The minimum atomic E-state index is 0.230. The van der Waals surface area contributed by atoms with Gasteiger partial charge in [-0.2, -0.15) is 0 Å². The molecule has 0 saturated heterocycles. The van der Waals surface area contributed by atoms with Crippen LogP contribution in [0.2, 0.25) is 0 Å². The molecule has 2 aliphatic carbocycles. The normalized spacial score (nSPS) is 33.3. The van der Waals surface area contributed by atoms with Gasteiger partial charge in [-0.1, -0.05) is 44.3 Å². The largest absolute Gasteiger partial charge is 0.298 e. The van der Waals surface area contributed by atoms with Gasteiger partial charge < -0.3 is 0 Å². The summed E-state index contributed by atoms with van der Waals surface area (Å²) in [5.74, 6) is 0.932. The number of hydrogen-bond donors (Lipinski definition) is 0. The molecular formula is C14H22O. The molecule has 0 heterocycles. The predicted octanol–water partition coefficient (Wildman–Crippen LogP) is 3.88. The molecule has 0 fully saturated rings. The number of carbonyl (C=O) groups is 1. The van der Waals surface area contributed by atoms with Crippen LogP contribution in [0.15, 0.2) is 11.1 Å². The Morgan fingerprint density at radius 2 is 1.20 bits per heavy atom. The van der Waals surface area contributed by atoms with Crippen LogP contribution in [0.25, 0.3) is 0 Å². The number of allylic oxidation sites excluding steroid dienone is 2. The number of Topliss-reactive ketones (excluding diaryl/α,β-unsaturated/α-hetero) is 1. The van der Waals surface area contributed by atoms with Crippen molar-refractivity contribution < 1.29 is 4.79 Å². The van der Waals surface area contributed by atoms with Crippen molar-refractivity contribution in [2.75, 3.05) is 0 Å². The van der Waals surface area contributed by atoms with E-state index in [2.05, 4.69) is 13.8 Å². The Morgan fingerprint density at radius 1 is 0.800 bits per heavy atom. The molecule has 2 rings (SSSR count). The fourth-order valence-corrected chi connectivity index (χ4v) is 3.19. The van der Waals surface area contributed by atoms with Crippen LogP contribution >= 0.6 is 0 Å². The lowest BCUT2D eigenvalue weighted by atomic mass is 9.96. The summed E-state index contributed by atoms with van der Waals surface area (Å²) in [6, 6.07) is 0. The van der Waals surface area contributed by atoms with Crippen molar-refractivity contribution in [2.45, 2.75) is 58.8 Å². The maximum Gasteiger partial charge on any atom is 0.146 e. The molecule has 0 N–H and O–H groups in total. The Bertz CT molecular complexity index is 262. The van der Waals surface area contributed by atoms with Gasteiger partial charge in [-0.05, 0) is 25.7 Å². The number of ketones is 1. The van der Waals surface area contributed by atoms with Crippen molar-refractivity contribution in [3.8, 4) is 0 Å². The molecular weight excluding hydrogens is 184 g/mol. The predicted molar refractivity (Wildman–Crippen MR) is 62.7 cm³/mol. The minimum absolute atomic E-state index is 0.230. The highest BCUT2D eigenvalue weighted by atomic mass is 16.1. The van der Waals surface area contributed by atoms with E-state index < -0.39 is 0 Å². The Kier molecular flexibility index (Phi) is 3.28. The third-order valence-corrected chi connectivity index (χ3v) is 4.20. The zero-order valence-corrected chi connectivity index (χ0v) is 10.0. The monoisotopic (exact) mass is 206 g/mol. The second-order valence-corrected chi connectivity index (χ2v) is 5.16. The van der Waals surface area contributed by atoms with E-state index in [9.17, 15) is 4.79 Å². The van der Waals surface area contributed by atoms with Crippen molar-refractivity contribution in [1.29, 1.82) is 0 Å². The third kappa shape index (κ3) is 2.02. The minimum Gasteiger partial charge on any atom is -0.298 e. The molecule has 2 atom stereocenters. The van der Waals surface area contributed by atoms with Crippen molar-refractivity contribution in [3.63, 3.8) is 0 Å². The van der Waals surface area contributed by atoms with Crippen molar-refractivity contribution in [2.24, 2.45) is 11.8 Å². The van der Waals surface area contributed by atoms with Crippen LogP contribution in [0.3, 0.4) is 0 Å². The van der Waals surface area contributed by atoms with Gasteiger partial charge in [0.2, 0.25) is 0 Å². The summed E-state index contributed by atoms with van der Waals surface area (Å²) in [6.07, 6.45) is 9.06. The lowest BCUT2D eigenvalue weighted by molar-refractivity contribution is -0.122. The molecule has 0 aromatic rings. The first-order valence-electron chi connectivity index (χ1n) is 6.47. The summed E-state index contributed by atoms with van der Waals surface area (Å²) in [5, 5.41) is 0. The SMILES string of the molecule is CC1C(=O)C(C)C2=C1CCCCCCC2. The first-order valence-corrected chi connectivity index (χ1v) is 6.47. The second kappa shape index (κ2) is 4.51. The molecule has 15 heavy (non-hydrogen) atoms. The number of hydrogen-bond acceptors (Lipinski definition) is 1. The van der Waals surface area contributed by atoms with Crippen LogP contribution in [0.4, 0.5) is 0 Å². The molecule has 0 aromatic heterocycles. The van der Waals surface area contributed by atoms with Crippen LogP contribution in [0.5, 0.6) is 0 Å². The topological polar surface area (TPSA) is 17.1 Å². The third-order valence-electron chi connectivity index (χ3n) is 4.20. The number of rotatable bonds is 0. The number of carbonyl (C=O) groups excluding carboxylic acids is 1. The van der Waals surface area contributed by atoms with Gasteiger partial charge in [0, 0.05) is 11.8 Å². The average molecular weight is 206 g/mol. The highest BCUT2D eigenvalue weighted by Gasteiger charge is 2.34. The van der Waals surface area contributed by atoms with E-state index in [4.69, 9.17) is 0 Å². The summed E-state index contributed by atoms with van der Waals surface area (Å²) in [4.78, 5) is 11.9. The second-order valence-electron chi connectivity index (χ2n) is 5.16. The lowest BCUT2D eigenvalue weighted by Gasteiger charge is -2.09. The van der Waals surface area contributed by atoms with Crippen LogP contribution in [0, 0.1) is 11.8 Å². The highest BCUT2D eigenvalue weighted by molar-refractivity contribution is 5.91. The first-order chi connectivity index (χ1) is 7.22. The summed E-state index contributed by atoms with van der Waals surface area (Å²) in [6.45, 7) is 4.22. The van der Waals surface area contributed by atoms with E-state index in [1.807, 2.05) is 0 Å². The Hall–Kier alpha value is -0.590. The zero-order chi connectivity index (χ0) is 10.8. The van der Waals surface area contributed by atoms with E-state index in [0.717, 1.165) is 0 Å². The lowest BCUT2D eigenvalue weighted by Crippen LogP contribution is -2.12. The molecule has 0 amide bonds. The maximum absolute atomic E-state index is 11.9. The smallest absolute Gasteiger partial charge is 0.146 e. The molecule has 2 unspecified atom stereocenters.